The minimum atomic E-state index is -3.27. The van der Waals surface area contributed by atoms with Crippen LogP contribution in [0.15, 0.2) is 18.2 Å². The van der Waals surface area contributed by atoms with Crippen LogP contribution in [0.3, 0.4) is 0 Å². The third-order valence-corrected chi connectivity index (χ3v) is 7.32. The number of benzene rings is 1. The first-order chi connectivity index (χ1) is 15.5. The largest absolute Gasteiger partial charge is 0.490 e. The van der Waals surface area contributed by atoms with Gasteiger partial charge < -0.3 is 19.5 Å². The molecular weight excluding hydrogens is 460 g/mol. The van der Waals surface area contributed by atoms with E-state index in [0.29, 0.717) is 39.0 Å². The molecule has 1 atom stereocenters. The van der Waals surface area contributed by atoms with E-state index in [2.05, 4.69) is 0 Å². The van der Waals surface area contributed by atoms with Gasteiger partial charge in [0.15, 0.2) is 0 Å². The van der Waals surface area contributed by atoms with Crippen molar-refractivity contribution in [2.45, 2.75) is 24.5 Å². The second-order valence-corrected chi connectivity index (χ2v) is 10.7. The van der Waals surface area contributed by atoms with Gasteiger partial charge in [-0.25, -0.2) is 21.5 Å². The van der Waals surface area contributed by atoms with E-state index in [1.165, 1.54) is 22.6 Å². The SMILES string of the molecule is COCC(=O)N1CCN(C2CCN(S(C)(=O)=O)CC2)CC(O)(COc2cc(F)cc(F)c2)C1. The van der Waals surface area contributed by atoms with Crippen molar-refractivity contribution in [2.24, 2.45) is 0 Å². The van der Waals surface area contributed by atoms with Gasteiger partial charge in [0.05, 0.1) is 12.8 Å². The summed E-state index contributed by atoms with van der Waals surface area (Å²) in [5.41, 5.74) is -1.52. The second kappa shape index (κ2) is 10.6. The van der Waals surface area contributed by atoms with Gasteiger partial charge in [0.1, 0.15) is 36.2 Å². The number of ether oxygens (including phenoxy) is 2. The van der Waals surface area contributed by atoms with Crippen molar-refractivity contribution in [3.8, 4) is 5.75 Å². The normalized spacial score (nSPS) is 24.0. The molecule has 0 aromatic heterocycles. The van der Waals surface area contributed by atoms with Crippen molar-refractivity contribution in [1.29, 1.82) is 0 Å². The van der Waals surface area contributed by atoms with Crippen LogP contribution in [0.1, 0.15) is 12.8 Å². The Bertz CT molecular complexity index is 922. The third-order valence-electron chi connectivity index (χ3n) is 6.01. The van der Waals surface area contributed by atoms with E-state index in [0.717, 1.165) is 18.2 Å². The van der Waals surface area contributed by atoms with Gasteiger partial charge in [0, 0.05) is 64.1 Å². The molecule has 1 aromatic carbocycles. The molecule has 12 heteroatoms. The lowest BCUT2D eigenvalue weighted by molar-refractivity contribution is -0.138. The molecular formula is C21H31F2N3O6S. The average molecular weight is 492 g/mol. The number of halogens is 2. The number of carbonyl (C=O) groups is 1. The topological polar surface area (TPSA) is 99.6 Å². The first-order valence-electron chi connectivity index (χ1n) is 10.8. The average Bonchev–Trinajstić information content (AvgIpc) is 2.91. The van der Waals surface area contributed by atoms with E-state index >= 15 is 0 Å². The summed E-state index contributed by atoms with van der Waals surface area (Å²) in [5, 5.41) is 11.4. The maximum Gasteiger partial charge on any atom is 0.248 e. The Kier molecular flexibility index (Phi) is 8.27. The molecule has 1 amide bonds. The highest BCUT2D eigenvalue weighted by molar-refractivity contribution is 7.88. The predicted octanol–water partition coefficient (Wildman–Crippen LogP) is 0.289. The van der Waals surface area contributed by atoms with Crippen LogP contribution in [0.5, 0.6) is 5.75 Å². The minimum absolute atomic E-state index is 0.0126. The van der Waals surface area contributed by atoms with Crippen LogP contribution in [-0.4, -0.2) is 111 Å². The summed E-state index contributed by atoms with van der Waals surface area (Å²) in [7, 11) is -1.86. The lowest BCUT2D eigenvalue weighted by Crippen LogP contribution is -2.55. The summed E-state index contributed by atoms with van der Waals surface area (Å²) in [5.74, 6) is -1.95. The smallest absolute Gasteiger partial charge is 0.248 e. The fourth-order valence-corrected chi connectivity index (χ4v) is 5.26. The number of sulfonamides is 1. The van der Waals surface area contributed by atoms with E-state index in [1.807, 2.05) is 4.90 Å². The molecule has 1 unspecified atom stereocenters. The Balaban J connectivity index is 1.74. The number of piperidine rings is 1. The Morgan fingerprint density at radius 1 is 1.12 bits per heavy atom. The molecule has 2 saturated heterocycles. The fraction of sp³-hybridized carbons (Fsp3) is 0.667. The first-order valence-corrected chi connectivity index (χ1v) is 12.6. The van der Waals surface area contributed by atoms with Crippen LogP contribution in [0, 0.1) is 11.6 Å². The molecule has 0 bridgehead atoms. The zero-order valence-corrected chi connectivity index (χ0v) is 19.7. The fourth-order valence-electron chi connectivity index (χ4n) is 4.39. The molecule has 9 nitrogen and oxygen atoms in total. The molecule has 2 heterocycles. The van der Waals surface area contributed by atoms with Crippen molar-refractivity contribution in [3.63, 3.8) is 0 Å². The number of carbonyl (C=O) groups excluding carboxylic acids is 1. The third kappa shape index (κ3) is 7.06. The molecule has 2 fully saturated rings. The summed E-state index contributed by atoms with van der Waals surface area (Å²) in [6, 6.07) is 2.78. The van der Waals surface area contributed by atoms with E-state index in [4.69, 9.17) is 9.47 Å². The van der Waals surface area contributed by atoms with Gasteiger partial charge in [-0.2, -0.15) is 0 Å². The van der Waals surface area contributed by atoms with Gasteiger partial charge in [-0.05, 0) is 12.8 Å². The highest BCUT2D eigenvalue weighted by Crippen LogP contribution is 2.25. The summed E-state index contributed by atoms with van der Waals surface area (Å²) >= 11 is 0. The molecule has 2 aliphatic rings. The lowest BCUT2D eigenvalue weighted by atomic mass is 10.00. The monoisotopic (exact) mass is 491 g/mol. The Morgan fingerprint density at radius 3 is 2.33 bits per heavy atom. The minimum Gasteiger partial charge on any atom is -0.490 e. The highest BCUT2D eigenvalue weighted by Gasteiger charge is 2.40. The van der Waals surface area contributed by atoms with Crippen LogP contribution < -0.4 is 4.74 Å². The van der Waals surface area contributed by atoms with Gasteiger partial charge in [-0.1, -0.05) is 0 Å². The molecule has 33 heavy (non-hydrogen) atoms. The zero-order valence-electron chi connectivity index (χ0n) is 18.9. The van der Waals surface area contributed by atoms with Crippen molar-refractivity contribution in [1.82, 2.24) is 14.1 Å². The standard InChI is InChI=1S/C21H31F2N3O6S/c1-31-12-20(27)25-8-7-24(18-3-5-26(6-4-18)33(2,29)30)13-21(28,14-25)15-32-19-10-16(22)9-17(23)11-19/h9-11,18,28H,3-8,12-15H2,1-2H3. The number of hydrogen-bond donors (Lipinski definition) is 1. The second-order valence-electron chi connectivity index (χ2n) is 8.73. The molecule has 0 spiro atoms. The molecule has 0 aliphatic carbocycles. The number of β-amino-alcohol motifs (C(OH)–C–C–N with tert-alkyl or cyclic N) is 1. The predicted molar refractivity (Wildman–Crippen MR) is 116 cm³/mol. The Labute approximate surface area is 192 Å². The van der Waals surface area contributed by atoms with Crippen LogP contribution in [0.4, 0.5) is 8.78 Å². The summed E-state index contributed by atoms with van der Waals surface area (Å²) in [6.07, 6.45) is 2.36. The Morgan fingerprint density at radius 2 is 1.76 bits per heavy atom. The maximum atomic E-state index is 13.5. The molecule has 0 saturated carbocycles. The highest BCUT2D eigenvalue weighted by atomic mass is 32.2. The van der Waals surface area contributed by atoms with Crippen LogP contribution in [0.25, 0.3) is 0 Å². The summed E-state index contributed by atoms with van der Waals surface area (Å²) in [6.45, 7) is 1.29. The van der Waals surface area contributed by atoms with Crippen LogP contribution >= 0.6 is 0 Å². The zero-order chi connectivity index (χ0) is 24.2. The molecule has 2 aliphatic heterocycles. The van der Waals surface area contributed by atoms with Crippen molar-refractivity contribution in [3.05, 3.63) is 29.8 Å². The summed E-state index contributed by atoms with van der Waals surface area (Å²) < 4.78 is 62.6. The number of methoxy groups -OCH3 is 1. The van der Waals surface area contributed by atoms with E-state index in [1.54, 1.807) is 0 Å². The van der Waals surface area contributed by atoms with E-state index in [-0.39, 0.29) is 44.0 Å². The number of amides is 1. The quantitative estimate of drug-likeness (QED) is 0.585. The summed E-state index contributed by atoms with van der Waals surface area (Å²) in [4.78, 5) is 16.0. The number of aliphatic hydroxyl groups is 1. The number of hydrogen-bond acceptors (Lipinski definition) is 7. The van der Waals surface area contributed by atoms with Crippen molar-refractivity contribution in [2.75, 3.05) is 65.8 Å². The number of rotatable bonds is 7. The molecule has 186 valence electrons. The maximum absolute atomic E-state index is 13.5. The molecule has 3 rings (SSSR count). The van der Waals surface area contributed by atoms with E-state index < -0.39 is 27.3 Å². The van der Waals surface area contributed by atoms with E-state index in [9.17, 15) is 27.1 Å². The van der Waals surface area contributed by atoms with Gasteiger partial charge in [0.25, 0.3) is 0 Å². The Hall–Kier alpha value is -1.86. The number of nitrogens with zero attached hydrogens (tertiary/aromatic N) is 3. The van der Waals surface area contributed by atoms with Crippen LogP contribution in [-0.2, 0) is 19.6 Å². The van der Waals surface area contributed by atoms with Crippen molar-refractivity contribution < 1.29 is 36.6 Å². The van der Waals surface area contributed by atoms with Crippen LogP contribution in [0.2, 0.25) is 0 Å². The van der Waals surface area contributed by atoms with Gasteiger partial charge >= 0.3 is 0 Å². The first kappa shape index (κ1) is 25.8. The molecule has 1 aromatic rings. The van der Waals surface area contributed by atoms with Gasteiger partial charge in [-0.3, -0.25) is 9.69 Å². The van der Waals surface area contributed by atoms with Gasteiger partial charge in [-0.15, -0.1) is 0 Å². The van der Waals surface area contributed by atoms with Crippen molar-refractivity contribution >= 4 is 15.9 Å². The molecule has 0 radical (unpaired) electrons. The van der Waals surface area contributed by atoms with Gasteiger partial charge in [0.2, 0.25) is 15.9 Å². The molecule has 1 N–H and O–H groups in total. The lowest BCUT2D eigenvalue weighted by Gasteiger charge is -2.39.